The van der Waals surface area contributed by atoms with Crippen molar-refractivity contribution in [3.8, 4) is 0 Å². The molecule has 0 fully saturated rings. The quantitative estimate of drug-likeness (QED) is 0.462. The van der Waals surface area contributed by atoms with E-state index in [1.54, 1.807) is 7.05 Å². The van der Waals surface area contributed by atoms with Crippen LogP contribution in [0.15, 0.2) is 0 Å². The molecule has 0 atom stereocenters. The van der Waals surface area contributed by atoms with Gasteiger partial charge < -0.3 is 14.7 Å². The Morgan fingerprint density at radius 3 is 2.00 bits per heavy atom. The zero-order valence-electron chi connectivity index (χ0n) is 7.41. The molecular formula is C7H17NO3. The average molecular weight is 163 g/mol. The van der Waals surface area contributed by atoms with Crippen molar-refractivity contribution in [3.63, 3.8) is 0 Å². The lowest BCUT2D eigenvalue weighted by Crippen LogP contribution is -2.31. The zero-order valence-corrected chi connectivity index (χ0v) is 7.41. The minimum Gasteiger partial charge on any atom is -0.351 e. The molecule has 11 heavy (non-hydrogen) atoms. The summed E-state index contributed by atoms with van der Waals surface area (Å²) in [6, 6.07) is 0. The molecule has 0 saturated heterocycles. The highest BCUT2D eigenvalue weighted by molar-refractivity contribution is 4.44. The molecule has 0 aromatic carbocycles. The van der Waals surface area contributed by atoms with E-state index in [0.717, 1.165) is 5.06 Å². The highest BCUT2D eigenvalue weighted by atomic mass is 16.7. The van der Waals surface area contributed by atoms with Crippen molar-refractivity contribution in [1.82, 2.24) is 5.06 Å². The van der Waals surface area contributed by atoms with Crippen molar-refractivity contribution in [2.45, 2.75) is 20.1 Å². The van der Waals surface area contributed by atoms with Gasteiger partial charge in [0.05, 0.1) is 6.54 Å². The van der Waals surface area contributed by atoms with E-state index in [4.69, 9.17) is 14.7 Å². The molecule has 0 radical (unpaired) electrons. The SMILES string of the molecule is CCOC(CN(C)O)OCC. The van der Waals surface area contributed by atoms with Gasteiger partial charge in [0, 0.05) is 20.3 Å². The Balaban J connectivity index is 3.50. The Hall–Kier alpha value is -0.160. The lowest BCUT2D eigenvalue weighted by atomic mass is 10.6. The summed E-state index contributed by atoms with van der Waals surface area (Å²) < 4.78 is 10.3. The minimum atomic E-state index is -0.319. The fraction of sp³-hybridized carbons (Fsp3) is 1.00. The summed E-state index contributed by atoms with van der Waals surface area (Å²) in [5, 5.41) is 9.90. The summed E-state index contributed by atoms with van der Waals surface area (Å²) in [7, 11) is 1.56. The highest BCUT2D eigenvalue weighted by Gasteiger charge is 2.08. The van der Waals surface area contributed by atoms with Gasteiger partial charge in [0.2, 0.25) is 0 Å². The fourth-order valence-corrected chi connectivity index (χ4v) is 0.741. The smallest absolute Gasteiger partial charge is 0.172 e. The third kappa shape index (κ3) is 6.25. The Morgan fingerprint density at radius 1 is 1.27 bits per heavy atom. The minimum absolute atomic E-state index is 0.319. The van der Waals surface area contributed by atoms with Crippen molar-refractivity contribution < 1.29 is 14.7 Å². The summed E-state index contributed by atoms with van der Waals surface area (Å²) in [5.74, 6) is 0. The van der Waals surface area contributed by atoms with Gasteiger partial charge in [-0.15, -0.1) is 0 Å². The molecule has 4 heteroatoms. The van der Waals surface area contributed by atoms with Gasteiger partial charge in [0.1, 0.15) is 0 Å². The van der Waals surface area contributed by atoms with Crippen LogP contribution in [0.2, 0.25) is 0 Å². The number of nitrogens with zero attached hydrogens (tertiary/aromatic N) is 1. The number of ether oxygens (including phenoxy) is 2. The van der Waals surface area contributed by atoms with E-state index in [2.05, 4.69) is 0 Å². The Bertz CT molecular complexity index is 81.8. The van der Waals surface area contributed by atoms with E-state index in [0.29, 0.717) is 19.8 Å². The summed E-state index contributed by atoms with van der Waals surface area (Å²) in [4.78, 5) is 0. The van der Waals surface area contributed by atoms with Crippen molar-refractivity contribution in [2.75, 3.05) is 26.8 Å². The molecule has 0 aromatic heterocycles. The first-order valence-electron chi connectivity index (χ1n) is 3.83. The van der Waals surface area contributed by atoms with E-state index in [-0.39, 0.29) is 6.29 Å². The molecule has 0 bridgehead atoms. The van der Waals surface area contributed by atoms with Crippen molar-refractivity contribution in [1.29, 1.82) is 0 Å². The van der Waals surface area contributed by atoms with Gasteiger partial charge in [-0.1, -0.05) is 0 Å². The normalized spacial score (nSPS) is 11.5. The van der Waals surface area contributed by atoms with E-state index < -0.39 is 0 Å². The summed E-state index contributed by atoms with van der Waals surface area (Å²) in [5.41, 5.74) is 0. The molecule has 1 N–H and O–H groups in total. The maximum atomic E-state index is 8.85. The molecule has 0 aliphatic heterocycles. The Morgan fingerprint density at radius 2 is 1.73 bits per heavy atom. The van der Waals surface area contributed by atoms with Crippen LogP contribution in [0.1, 0.15) is 13.8 Å². The zero-order chi connectivity index (χ0) is 8.69. The number of hydrogen-bond acceptors (Lipinski definition) is 4. The molecule has 0 unspecified atom stereocenters. The highest BCUT2D eigenvalue weighted by Crippen LogP contribution is 1.95. The molecular weight excluding hydrogens is 146 g/mol. The number of hydroxylamine groups is 2. The Kier molecular flexibility index (Phi) is 6.45. The van der Waals surface area contributed by atoms with Crippen LogP contribution in [0, 0.1) is 0 Å². The van der Waals surface area contributed by atoms with Crippen LogP contribution < -0.4 is 0 Å². The summed E-state index contributed by atoms with van der Waals surface area (Å²) in [6.07, 6.45) is -0.319. The van der Waals surface area contributed by atoms with Crippen LogP contribution in [-0.4, -0.2) is 43.4 Å². The predicted octanol–water partition coefficient (Wildman–Crippen LogP) is 0.706. The molecule has 0 heterocycles. The predicted molar refractivity (Wildman–Crippen MR) is 41.5 cm³/mol. The van der Waals surface area contributed by atoms with Gasteiger partial charge in [-0.25, -0.2) is 0 Å². The van der Waals surface area contributed by atoms with Crippen molar-refractivity contribution in [3.05, 3.63) is 0 Å². The van der Waals surface area contributed by atoms with Gasteiger partial charge in [-0.2, -0.15) is 5.06 Å². The second-order valence-corrected chi connectivity index (χ2v) is 2.18. The van der Waals surface area contributed by atoms with E-state index >= 15 is 0 Å². The van der Waals surface area contributed by atoms with Gasteiger partial charge in [0.25, 0.3) is 0 Å². The van der Waals surface area contributed by atoms with Crippen LogP contribution in [-0.2, 0) is 9.47 Å². The van der Waals surface area contributed by atoms with Crippen LogP contribution in [0.5, 0.6) is 0 Å². The molecule has 0 spiro atoms. The number of likely N-dealkylation sites (N-methyl/N-ethyl adjacent to an activating group) is 1. The maximum Gasteiger partial charge on any atom is 0.172 e. The topological polar surface area (TPSA) is 41.9 Å². The molecule has 0 amide bonds. The van der Waals surface area contributed by atoms with E-state index in [9.17, 15) is 0 Å². The number of rotatable bonds is 6. The van der Waals surface area contributed by atoms with Gasteiger partial charge in [0.15, 0.2) is 6.29 Å². The Labute approximate surface area is 67.7 Å². The first kappa shape index (κ1) is 10.8. The van der Waals surface area contributed by atoms with Gasteiger partial charge in [-0.3, -0.25) is 0 Å². The molecule has 0 aromatic rings. The molecule has 0 saturated carbocycles. The van der Waals surface area contributed by atoms with Gasteiger partial charge >= 0.3 is 0 Å². The third-order valence-electron chi connectivity index (χ3n) is 1.12. The molecule has 0 aliphatic rings. The van der Waals surface area contributed by atoms with Crippen LogP contribution >= 0.6 is 0 Å². The van der Waals surface area contributed by atoms with Crippen LogP contribution in [0.4, 0.5) is 0 Å². The molecule has 68 valence electrons. The lowest BCUT2D eigenvalue weighted by Gasteiger charge is -2.19. The molecule has 4 nitrogen and oxygen atoms in total. The van der Waals surface area contributed by atoms with Gasteiger partial charge in [-0.05, 0) is 13.8 Å². The first-order valence-corrected chi connectivity index (χ1v) is 3.83. The maximum absolute atomic E-state index is 8.85. The second kappa shape index (κ2) is 6.54. The number of hydrogen-bond donors (Lipinski definition) is 1. The van der Waals surface area contributed by atoms with Crippen molar-refractivity contribution in [2.24, 2.45) is 0 Å². The molecule has 0 rings (SSSR count). The van der Waals surface area contributed by atoms with E-state index in [1.807, 2.05) is 13.8 Å². The standard InChI is InChI=1S/C7H17NO3/c1-4-10-7(11-5-2)6-8(3)9/h7,9H,4-6H2,1-3H3. The monoisotopic (exact) mass is 163 g/mol. The second-order valence-electron chi connectivity index (χ2n) is 2.18. The van der Waals surface area contributed by atoms with Crippen molar-refractivity contribution >= 4 is 0 Å². The fourth-order valence-electron chi connectivity index (χ4n) is 0.741. The van der Waals surface area contributed by atoms with Crippen LogP contribution in [0.25, 0.3) is 0 Å². The third-order valence-corrected chi connectivity index (χ3v) is 1.12. The van der Waals surface area contributed by atoms with Crippen LogP contribution in [0.3, 0.4) is 0 Å². The largest absolute Gasteiger partial charge is 0.351 e. The van der Waals surface area contributed by atoms with E-state index in [1.165, 1.54) is 0 Å². The first-order chi connectivity index (χ1) is 5.20. The lowest BCUT2D eigenvalue weighted by molar-refractivity contribution is -0.188. The molecule has 0 aliphatic carbocycles. The average Bonchev–Trinajstić information content (AvgIpc) is 1.87. The summed E-state index contributed by atoms with van der Waals surface area (Å²) >= 11 is 0. The summed E-state index contributed by atoms with van der Waals surface area (Å²) in [6.45, 7) is 5.35.